The van der Waals surface area contributed by atoms with Crippen molar-refractivity contribution >= 4 is 9.84 Å². The fourth-order valence-electron chi connectivity index (χ4n) is 1.84. The Morgan fingerprint density at radius 3 is 2.26 bits per heavy atom. The van der Waals surface area contributed by atoms with Crippen LogP contribution < -0.4 is 5.32 Å². The van der Waals surface area contributed by atoms with Crippen LogP contribution in [0.5, 0.6) is 0 Å². The van der Waals surface area contributed by atoms with E-state index >= 15 is 0 Å². The van der Waals surface area contributed by atoms with E-state index in [-0.39, 0.29) is 6.04 Å². The molecule has 0 spiro atoms. The topological polar surface area (TPSA) is 49.4 Å². The molecule has 0 aliphatic carbocycles. The van der Waals surface area contributed by atoms with Gasteiger partial charge in [0.1, 0.15) is 0 Å². The van der Waals surface area contributed by atoms with Gasteiger partial charge in [-0.15, -0.1) is 0 Å². The van der Waals surface area contributed by atoms with Crippen LogP contribution in [0.25, 0.3) is 0 Å². The highest BCUT2D eigenvalue weighted by atomic mass is 32.2. The maximum Gasteiger partial charge on any atom is 0.175 e. The molecule has 1 unspecified atom stereocenters. The first-order chi connectivity index (χ1) is 8.80. The summed E-state index contributed by atoms with van der Waals surface area (Å²) in [7, 11) is 1.02. The lowest BCUT2D eigenvalue weighted by Gasteiger charge is -2.16. The van der Waals surface area contributed by atoms with E-state index in [4.69, 9.17) is 0 Å². The van der Waals surface area contributed by atoms with Crippen LogP contribution in [-0.2, 0) is 9.84 Å². The highest BCUT2D eigenvalue weighted by molar-refractivity contribution is 7.90. The van der Waals surface area contributed by atoms with Crippen molar-refractivity contribution < 1.29 is 8.42 Å². The quantitative estimate of drug-likeness (QED) is 0.774. The van der Waals surface area contributed by atoms with Gasteiger partial charge < -0.3 is 10.2 Å². The molecule has 0 aliphatic rings. The van der Waals surface area contributed by atoms with Crippen molar-refractivity contribution in [1.82, 2.24) is 10.2 Å². The zero-order valence-corrected chi connectivity index (χ0v) is 13.0. The Hall–Kier alpha value is -0.910. The molecule has 0 saturated carbocycles. The summed E-state index contributed by atoms with van der Waals surface area (Å²) in [6.07, 6.45) is 2.32. The zero-order chi connectivity index (χ0) is 14.5. The summed E-state index contributed by atoms with van der Waals surface area (Å²) in [4.78, 5) is 2.53. The van der Waals surface area contributed by atoms with E-state index in [0.29, 0.717) is 4.90 Å². The fraction of sp³-hybridized carbons (Fsp3) is 0.571. The first-order valence-corrected chi connectivity index (χ1v) is 8.38. The summed E-state index contributed by atoms with van der Waals surface area (Å²) in [6, 6.07) is 7.32. The first kappa shape index (κ1) is 16.1. The lowest BCUT2D eigenvalue weighted by Crippen LogP contribution is -2.23. The van der Waals surface area contributed by atoms with Crippen LogP contribution in [0.15, 0.2) is 29.2 Å². The Morgan fingerprint density at radius 2 is 1.79 bits per heavy atom. The summed E-state index contributed by atoms with van der Waals surface area (Å²) >= 11 is 0. The second kappa shape index (κ2) is 7.03. The van der Waals surface area contributed by atoms with E-state index in [9.17, 15) is 8.42 Å². The number of nitrogens with zero attached hydrogens (tertiary/aromatic N) is 1. The highest BCUT2D eigenvalue weighted by Crippen LogP contribution is 2.16. The van der Waals surface area contributed by atoms with Gasteiger partial charge in [-0.2, -0.15) is 0 Å². The molecule has 1 aromatic rings. The highest BCUT2D eigenvalue weighted by Gasteiger charge is 2.09. The second-order valence-electron chi connectivity index (χ2n) is 5.17. The molecule has 0 bridgehead atoms. The number of hydrogen-bond acceptors (Lipinski definition) is 4. The van der Waals surface area contributed by atoms with Crippen LogP contribution in [-0.4, -0.2) is 46.8 Å². The molecule has 4 nitrogen and oxygen atoms in total. The molecule has 19 heavy (non-hydrogen) atoms. The lowest BCUT2D eigenvalue weighted by molar-refractivity contribution is 0.389. The predicted octanol–water partition coefficient (Wildman–Crippen LogP) is 1.69. The van der Waals surface area contributed by atoms with E-state index in [1.54, 1.807) is 12.1 Å². The van der Waals surface area contributed by atoms with Gasteiger partial charge in [0, 0.05) is 12.3 Å². The Balaban J connectivity index is 2.51. The minimum Gasteiger partial charge on any atom is -0.310 e. The molecule has 0 radical (unpaired) electrons. The van der Waals surface area contributed by atoms with Crippen LogP contribution in [0, 0.1) is 0 Å². The Bertz CT molecular complexity index is 481. The van der Waals surface area contributed by atoms with Gasteiger partial charge in [-0.25, -0.2) is 8.42 Å². The molecule has 5 heteroatoms. The molecule has 0 aromatic heterocycles. The smallest absolute Gasteiger partial charge is 0.175 e. The molecule has 1 N–H and O–H groups in total. The Labute approximate surface area is 116 Å². The van der Waals surface area contributed by atoms with Gasteiger partial charge in [0.15, 0.2) is 9.84 Å². The molecular weight excluding hydrogens is 260 g/mol. The van der Waals surface area contributed by atoms with E-state index in [0.717, 1.165) is 25.1 Å². The van der Waals surface area contributed by atoms with Gasteiger partial charge in [-0.3, -0.25) is 0 Å². The van der Waals surface area contributed by atoms with Crippen LogP contribution in [0.3, 0.4) is 0 Å². The van der Waals surface area contributed by atoms with Crippen LogP contribution in [0.1, 0.15) is 24.9 Å². The van der Waals surface area contributed by atoms with Gasteiger partial charge in [0.05, 0.1) is 4.90 Å². The van der Waals surface area contributed by atoms with Crippen molar-refractivity contribution in [2.24, 2.45) is 0 Å². The standard InChI is InChI=1S/C14H24N2O2S/c1-12(15-10-5-11-16(2)3)13-6-8-14(9-7-13)19(4,17)18/h6-9,12,15H,5,10-11H2,1-4H3. The van der Waals surface area contributed by atoms with E-state index < -0.39 is 9.84 Å². The molecule has 0 saturated heterocycles. The molecule has 0 heterocycles. The SMILES string of the molecule is CC(NCCCN(C)C)c1ccc(S(C)(=O)=O)cc1. The number of nitrogens with one attached hydrogen (secondary N) is 1. The molecule has 1 rings (SSSR count). The van der Waals surface area contributed by atoms with Crippen molar-refractivity contribution in [3.63, 3.8) is 0 Å². The second-order valence-corrected chi connectivity index (χ2v) is 7.19. The third-order valence-electron chi connectivity index (χ3n) is 3.04. The maximum atomic E-state index is 11.4. The third-order valence-corrected chi connectivity index (χ3v) is 4.17. The van der Waals surface area contributed by atoms with Crippen LogP contribution in [0.4, 0.5) is 0 Å². The van der Waals surface area contributed by atoms with E-state index in [2.05, 4.69) is 31.2 Å². The van der Waals surface area contributed by atoms with Gasteiger partial charge in [-0.05, 0) is 58.2 Å². The fourth-order valence-corrected chi connectivity index (χ4v) is 2.47. The third kappa shape index (κ3) is 5.72. The number of benzene rings is 1. The lowest BCUT2D eigenvalue weighted by atomic mass is 10.1. The number of sulfone groups is 1. The van der Waals surface area contributed by atoms with Gasteiger partial charge in [-0.1, -0.05) is 12.1 Å². The molecule has 0 fully saturated rings. The molecule has 0 aliphatic heterocycles. The van der Waals surface area contributed by atoms with Crippen molar-refractivity contribution in [3.8, 4) is 0 Å². The average molecular weight is 284 g/mol. The number of hydrogen-bond donors (Lipinski definition) is 1. The molecule has 0 amide bonds. The van der Waals surface area contributed by atoms with Gasteiger partial charge in [0.25, 0.3) is 0 Å². The normalized spacial score (nSPS) is 13.7. The molecule has 1 aromatic carbocycles. The van der Waals surface area contributed by atoms with E-state index in [1.807, 2.05) is 12.1 Å². The summed E-state index contributed by atoms with van der Waals surface area (Å²) in [5.41, 5.74) is 1.11. The Kier molecular flexibility index (Phi) is 5.97. The maximum absolute atomic E-state index is 11.4. The molecule has 1 atom stereocenters. The summed E-state index contributed by atoms with van der Waals surface area (Å²) in [5, 5.41) is 3.44. The zero-order valence-electron chi connectivity index (χ0n) is 12.2. The van der Waals surface area contributed by atoms with Crippen molar-refractivity contribution in [1.29, 1.82) is 0 Å². The van der Waals surface area contributed by atoms with Gasteiger partial charge >= 0.3 is 0 Å². The molecule has 108 valence electrons. The van der Waals surface area contributed by atoms with E-state index in [1.165, 1.54) is 6.26 Å². The minimum absolute atomic E-state index is 0.232. The van der Waals surface area contributed by atoms with Crippen molar-refractivity contribution in [3.05, 3.63) is 29.8 Å². The van der Waals surface area contributed by atoms with Crippen molar-refractivity contribution in [2.45, 2.75) is 24.3 Å². The summed E-state index contributed by atoms with van der Waals surface area (Å²) < 4.78 is 22.7. The monoisotopic (exact) mass is 284 g/mol. The summed E-state index contributed by atoms with van der Waals surface area (Å²) in [5.74, 6) is 0. The van der Waals surface area contributed by atoms with Crippen molar-refractivity contribution in [2.75, 3.05) is 33.4 Å². The predicted molar refractivity (Wildman–Crippen MR) is 79.1 cm³/mol. The summed E-state index contributed by atoms with van der Waals surface area (Å²) in [6.45, 7) is 4.10. The minimum atomic E-state index is -3.10. The Morgan fingerprint density at radius 1 is 1.21 bits per heavy atom. The largest absolute Gasteiger partial charge is 0.310 e. The first-order valence-electron chi connectivity index (χ1n) is 6.49. The van der Waals surface area contributed by atoms with Crippen LogP contribution >= 0.6 is 0 Å². The average Bonchev–Trinajstić information content (AvgIpc) is 2.33. The molecular formula is C14H24N2O2S. The van der Waals surface area contributed by atoms with Crippen LogP contribution in [0.2, 0.25) is 0 Å². The van der Waals surface area contributed by atoms with Gasteiger partial charge in [0.2, 0.25) is 0 Å². The number of rotatable bonds is 7.